The van der Waals surface area contributed by atoms with Crippen molar-refractivity contribution in [1.82, 2.24) is 14.3 Å². The number of H-pyrrole nitrogens is 1. The van der Waals surface area contributed by atoms with Gasteiger partial charge in [-0.2, -0.15) is 4.31 Å². The van der Waals surface area contributed by atoms with Crippen molar-refractivity contribution in [2.24, 2.45) is 5.92 Å². The van der Waals surface area contributed by atoms with Gasteiger partial charge in [0.2, 0.25) is 15.9 Å². The fourth-order valence-corrected chi connectivity index (χ4v) is 5.80. The molecule has 35 heavy (non-hydrogen) atoms. The minimum atomic E-state index is -4.19. The Morgan fingerprint density at radius 3 is 2.54 bits per heavy atom. The molecule has 1 aliphatic heterocycles. The van der Waals surface area contributed by atoms with Gasteiger partial charge in [-0.25, -0.2) is 22.2 Å². The van der Waals surface area contributed by atoms with E-state index in [9.17, 15) is 22.0 Å². The van der Waals surface area contributed by atoms with Gasteiger partial charge in [-0.15, -0.1) is 0 Å². The number of para-hydroxylation sites is 2. The van der Waals surface area contributed by atoms with Gasteiger partial charge >= 0.3 is 0 Å². The maximum Gasteiger partial charge on any atom is 0.246 e. The number of carbonyl (C=O) groups excluding carboxylic acids is 1. The standard InChI is InChI=1S/C25H22F2N4O3S/c26-18-8-9-20(27)23(15-18)35(33,34)31-12-10-16(11-13-31)25(32)28-19-5-3-4-17(14-19)24-29-21-6-1-2-7-22(21)30-24/h1-9,14-16H,10-13H2,(H,28,32)(H,29,30). The first kappa shape index (κ1) is 23.1. The highest BCUT2D eigenvalue weighted by Crippen LogP contribution is 2.28. The predicted octanol–water partition coefficient (Wildman–Crippen LogP) is 4.55. The highest BCUT2D eigenvalue weighted by atomic mass is 32.2. The molecule has 7 nitrogen and oxygen atoms in total. The van der Waals surface area contributed by atoms with Crippen molar-refractivity contribution in [2.75, 3.05) is 18.4 Å². The van der Waals surface area contributed by atoms with Crippen molar-refractivity contribution >= 4 is 32.7 Å². The first-order valence-corrected chi connectivity index (χ1v) is 12.6. The Kier molecular flexibility index (Phi) is 6.08. The third-order valence-electron chi connectivity index (χ3n) is 6.13. The highest BCUT2D eigenvalue weighted by molar-refractivity contribution is 7.89. The number of sulfonamides is 1. The van der Waals surface area contributed by atoms with Crippen molar-refractivity contribution in [3.05, 3.63) is 78.4 Å². The van der Waals surface area contributed by atoms with Gasteiger partial charge < -0.3 is 10.3 Å². The number of nitrogens with zero attached hydrogens (tertiary/aromatic N) is 2. The summed E-state index contributed by atoms with van der Waals surface area (Å²) in [5.74, 6) is -1.78. The first-order chi connectivity index (χ1) is 16.8. The number of anilines is 1. The summed E-state index contributed by atoms with van der Waals surface area (Å²) in [6.07, 6.45) is 0.538. The lowest BCUT2D eigenvalue weighted by Crippen LogP contribution is -2.41. The monoisotopic (exact) mass is 496 g/mol. The fraction of sp³-hybridized carbons (Fsp3) is 0.200. The Labute approximate surface area is 200 Å². The van der Waals surface area contributed by atoms with Crippen LogP contribution in [0.4, 0.5) is 14.5 Å². The number of aromatic nitrogens is 2. The van der Waals surface area contributed by atoms with Gasteiger partial charge in [0.1, 0.15) is 22.4 Å². The van der Waals surface area contributed by atoms with E-state index in [1.54, 1.807) is 6.07 Å². The number of benzene rings is 3. The van der Waals surface area contributed by atoms with Crippen LogP contribution in [0, 0.1) is 17.6 Å². The van der Waals surface area contributed by atoms with Crippen LogP contribution in [0.25, 0.3) is 22.4 Å². The van der Waals surface area contributed by atoms with Crippen LogP contribution in [0.2, 0.25) is 0 Å². The quantitative estimate of drug-likeness (QED) is 0.424. The van der Waals surface area contributed by atoms with Crippen molar-refractivity contribution < 1.29 is 22.0 Å². The van der Waals surface area contributed by atoms with E-state index in [4.69, 9.17) is 0 Å². The van der Waals surface area contributed by atoms with Crippen LogP contribution in [0.1, 0.15) is 12.8 Å². The van der Waals surface area contributed by atoms with Crippen molar-refractivity contribution in [3.63, 3.8) is 0 Å². The van der Waals surface area contributed by atoms with Crippen molar-refractivity contribution in [1.29, 1.82) is 0 Å². The van der Waals surface area contributed by atoms with E-state index >= 15 is 0 Å². The molecule has 0 atom stereocenters. The van der Waals surface area contributed by atoms with Gasteiger partial charge in [0, 0.05) is 30.3 Å². The summed E-state index contributed by atoms with van der Waals surface area (Å²) in [7, 11) is -4.19. The van der Waals surface area contributed by atoms with Gasteiger partial charge in [0.15, 0.2) is 0 Å². The zero-order valence-electron chi connectivity index (χ0n) is 18.5. The number of fused-ring (bicyclic) bond motifs is 1. The van der Waals surface area contributed by atoms with Crippen molar-refractivity contribution in [3.8, 4) is 11.4 Å². The maximum atomic E-state index is 14.0. The molecule has 4 aromatic rings. The summed E-state index contributed by atoms with van der Waals surface area (Å²) in [6.45, 7) is 0.0742. The van der Waals surface area contributed by atoms with E-state index < -0.39 is 32.5 Å². The molecule has 2 heterocycles. The molecule has 0 bridgehead atoms. The Bertz CT molecular complexity index is 1480. The molecule has 1 amide bonds. The van der Waals surface area contributed by atoms with Crippen LogP contribution in [-0.4, -0.2) is 41.7 Å². The van der Waals surface area contributed by atoms with Crippen LogP contribution in [0.15, 0.2) is 71.6 Å². The number of carbonyl (C=O) groups is 1. The van der Waals surface area contributed by atoms with Crippen LogP contribution >= 0.6 is 0 Å². The number of halogens is 2. The third-order valence-corrected chi connectivity index (χ3v) is 8.04. The lowest BCUT2D eigenvalue weighted by Gasteiger charge is -2.30. The molecule has 2 N–H and O–H groups in total. The second-order valence-corrected chi connectivity index (χ2v) is 10.3. The number of hydrogen-bond acceptors (Lipinski definition) is 4. The zero-order valence-corrected chi connectivity index (χ0v) is 19.4. The first-order valence-electron chi connectivity index (χ1n) is 11.1. The fourth-order valence-electron chi connectivity index (χ4n) is 4.25. The van der Waals surface area contributed by atoms with E-state index in [-0.39, 0.29) is 31.8 Å². The van der Waals surface area contributed by atoms with E-state index in [1.165, 1.54) is 0 Å². The third kappa shape index (κ3) is 4.67. The van der Waals surface area contributed by atoms with Gasteiger partial charge in [0.05, 0.1) is 11.0 Å². The number of rotatable bonds is 5. The highest BCUT2D eigenvalue weighted by Gasteiger charge is 2.33. The Balaban J connectivity index is 1.25. The summed E-state index contributed by atoms with van der Waals surface area (Å²) in [4.78, 5) is 20.0. The van der Waals surface area contributed by atoms with Gasteiger partial charge in [-0.1, -0.05) is 24.3 Å². The van der Waals surface area contributed by atoms with Crippen LogP contribution in [-0.2, 0) is 14.8 Å². The zero-order chi connectivity index (χ0) is 24.6. The molecule has 1 aliphatic rings. The minimum Gasteiger partial charge on any atom is -0.338 e. The molecule has 1 aromatic heterocycles. The molecule has 0 spiro atoms. The summed E-state index contributed by atoms with van der Waals surface area (Å²) in [5, 5.41) is 2.90. The lowest BCUT2D eigenvalue weighted by atomic mass is 9.97. The van der Waals surface area contributed by atoms with Crippen LogP contribution in [0.3, 0.4) is 0 Å². The molecule has 0 radical (unpaired) electrons. The topological polar surface area (TPSA) is 95.2 Å². The molecular formula is C25H22F2N4O3S. The number of amides is 1. The largest absolute Gasteiger partial charge is 0.338 e. The van der Waals surface area contributed by atoms with Gasteiger partial charge in [-0.05, 0) is 55.3 Å². The molecule has 0 saturated carbocycles. The molecule has 10 heteroatoms. The number of nitrogens with one attached hydrogen (secondary N) is 2. The van der Waals surface area contributed by atoms with Gasteiger partial charge in [0.25, 0.3) is 0 Å². The number of hydrogen-bond donors (Lipinski definition) is 2. The second-order valence-electron chi connectivity index (χ2n) is 8.43. The molecule has 0 aliphatic carbocycles. The second kappa shape index (κ2) is 9.20. The summed E-state index contributed by atoms with van der Waals surface area (Å²) < 4.78 is 54.2. The summed E-state index contributed by atoms with van der Waals surface area (Å²) in [6, 6.07) is 17.3. The molecule has 1 saturated heterocycles. The molecular weight excluding hydrogens is 474 g/mol. The average Bonchev–Trinajstić information content (AvgIpc) is 3.30. The normalized spacial score (nSPS) is 15.4. The lowest BCUT2D eigenvalue weighted by molar-refractivity contribution is -0.120. The van der Waals surface area contributed by atoms with Gasteiger partial charge in [-0.3, -0.25) is 4.79 Å². The van der Waals surface area contributed by atoms with Crippen LogP contribution in [0.5, 0.6) is 0 Å². The SMILES string of the molecule is O=C(Nc1cccc(-c2nc3ccccc3[nH]2)c1)C1CCN(S(=O)(=O)c2cc(F)ccc2F)CC1. The Morgan fingerprint density at radius 1 is 1.00 bits per heavy atom. The molecule has 5 rings (SSSR count). The average molecular weight is 497 g/mol. The summed E-state index contributed by atoms with van der Waals surface area (Å²) >= 11 is 0. The maximum absolute atomic E-state index is 14.0. The predicted molar refractivity (Wildman–Crippen MR) is 128 cm³/mol. The Hall–Kier alpha value is -3.63. The molecule has 0 unspecified atom stereocenters. The van der Waals surface area contributed by atoms with Crippen molar-refractivity contribution in [2.45, 2.75) is 17.7 Å². The number of piperidine rings is 1. The van der Waals surface area contributed by atoms with E-state index in [2.05, 4.69) is 15.3 Å². The smallest absolute Gasteiger partial charge is 0.246 e. The Morgan fingerprint density at radius 2 is 1.77 bits per heavy atom. The molecule has 3 aromatic carbocycles. The van der Waals surface area contributed by atoms with E-state index in [0.717, 1.165) is 33.0 Å². The number of imidazole rings is 1. The van der Waals surface area contributed by atoms with E-state index in [0.29, 0.717) is 17.6 Å². The molecule has 180 valence electrons. The summed E-state index contributed by atoms with van der Waals surface area (Å²) in [5.41, 5.74) is 3.18. The van der Waals surface area contributed by atoms with Crippen LogP contribution < -0.4 is 5.32 Å². The minimum absolute atomic E-state index is 0.0371. The van der Waals surface area contributed by atoms with E-state index in [1.807, 2.05) is 42.5 Å². The molecule has 1 fully saturated rings. The number of aromatic amines is 1.